The van der Waals surface area contributed by atoms with Crippen molar-refractivity contribution in [2.45, 2.75) is 36.2 Å². The molecule has 1 aliphatic rings. The monoisotopic (exact) mass is 352 g/mol. The smallest absolute Gasteiger partial charge is 0.235 e. The molecular weight excluding hydrogens is 340 g/mol. The standard InChI is InChI=1S/C17H12F4N2S/c18-14-7-2-1-4-10(14)9-24-16-13(8-22)11-5-3-6-12(11)15(23-16)17(19,20)21/h1-2,4,7H,3,5-6,9H2. The molecule has 1 aliphatic carbocycles. The van der Waals surface area contributed by atoms with Gasteiger partial charge >= 0.3 is 6.18 Å². The van der Waals surface area contributed by atoms with Crippen LogP contribution < -0.4 is 0 Å². The van der Waals surface area contributed by atoms with E-state index in [1.807, 2.05) is 6.07 Å². The predicted octanol–water partition coefficient (Wildman–Crippen LogP) is 4.89. The third-order valence-corrected chi connectivity index (χ3v) is 4.96. The lowest BCUT2D eigenvalue weighted by atomic mass is 10.0. The van der Waals surface area contributed by atoms with Crippen molar-refractivity contribution in [3.63, 3.8) is 0 Å². The van der Waals surface area contributed by atoms with E-state index in [-0.39, 0.29) is 28.3 Å². The average Bonchev–Trinajstić information content (AvgIpc) is 3.01. The SMILES string of the molecule is N#Cc1c(SCc2ccccc2F)nc(C(F)(F)F)c2c1CCC2. The summed E-state index contributed by atoms with van der Waals surface area (Å²) in [5.41, 5.74) is 0.217. The Morgan fingerprint density at radius 3 is 2.54 bits per heavy atom. The van der Waals surface area contributed by atoms with Crippen LogP contribution in [0.5, 0.6) is 0 Å². The molecule has 2 aromatic rings. The van der Waals surface area contributed by atoms with Gasteiger partial charge in [-0.2, -0.15) is 18.4 Å². The van der Waals surface area contributed by atoms with Gasteiger partial charge in [-0.3, -0.25) is 0 Å². The molecule has 0 atom stereocenters. The highest BCUT2D eigenvalue weighted by atomic mass is 32.2. The number of halogens is 4. The van der Waals surface area contributed by atoms with Crippen LogP contribution in [0.3, 0.4) is 0 Å². The maximum absolute atomic E-state index is 13.7. The Labute approximate surface area is 140 Å². The van der Waals surface area contributed by atoms with Gasteiger partial charge in [0.25, 0.3) is 0 Å². The number of alkyl halides is 3. The molecule has 7 heteroatoms. The van der Waals surface area contributed by atoms with Gasteiger partial charge in [-0.15, -0.1) is 11.8 Å². The first kappa shape index (κ1) is 16.8. The maximum atomic E-state index is 13.7. The zero-order chi connectivity index (χ0) is 17.3. The predicted molar refractivity (Wildman–Crippen MR) is 81.9 cm³/mol. The summed E-state index contributed by atoms with van der Waals surface area (Å²) in [5.74, 6) is -0.314. The highest BCUT2D eigenvalue weighted by Gasteiger charge is 2.39. The number of aromatic nitrogens is 1. The molecule has 1 aromatic carbocycles. The van der Waals surface area contributed by atoms with Gasteiger partial charge in [0.05, 0.1) is 5.56 Å². The number of thioether (sulfide) groups is 1. The third kappa shape index (κ3) is 3.11. The maximum Gasteiger partial charge on any atom is 0.433 e. The number of nitriles is 1. The Balaban J connectivity index is 2.01. The topological polar surface area (TPSA) is 36.7 Å². The van der Waals surface area contributed by atoms with E-state index in [0.29, 0.717) is 24.0 Å². The third-order valence-electron chi connectivity index (χ3n) is 3.94. The van der Waals surface area contributed by atoms with Crippen molar-refractivity contribution in [2.75, 3.05) is 0 Å². The minimum Gasteiger partial charge on any atom is -0.235 e. The van der Waals surface area contributed by atoms with Crippen molar-refractivity contribution < 1.29 is 17.6 Å². The molecule has 124 valence electrons. The molecule has 0 aliphatic heterocycles. The second kappa shape index (κ2) is 6.44. The second-order valence-corrected chi connectivity index (χ2v) is 6.40. The van der Waals surface area contributed by atoms with E-state index < -0.39 is 17.7 Å². The van der Waals surface area contributed by atoms with E-state index in [1.54, 1.807) is 18.2 Å². The Morgan fingerprint density at radius 1 is 1.17 bits per heavy atom. The van der Waals surface area contributed by atoms with Gasteiger partial charge in [0.15, 0.2) is 0 Å². The van der Waals surface area contributed by atoms with Gasteiger partial charge in [0, 0.05) is 5.75 Å². The second-order valence-electron chi connectivity index (χ2n) is 5.44. The minimum absolute atomic E-state index is 0.0220. The Morgan fingerprint density at radius 2 is 1.88 bits per heavy atom. The van der Waals surface area contributed by atoms with E-state index in [1.165, 1.54) is 6.07 Å². The number of hydrogen-bond acceptors (Lipinski definition) is 3. The van der Waals surface area contributed by atoms with Crippen LogP contribution in [0, 0.1) is 17.1 Å². The number of fused-ring (bicyclic) bond motifs is 1. The Hall–Kier alpha value is -2.07. The minimum atomic E-state index is -4.56. The fourth-order valence-electron chi connectivity index (χ4n) is 2.85. The lowest BCUT2D eigenvalue weighted by Crippen LogP contribution is -2.14. The van der Waals surface area contributed by atoms with Crippen LogP contribution in [-0.4, -0.2) is 4.98 Å². The van der Waals surface area contributed by atoms with Gasteiger partial charge in [0.2, 0.25) is 0 Å². The van der Waals surface area contributed by atoms with Gasteiger partial charge < -0.3 is 0 Å². The largest absolute Gasteiger partial charge is 0.433 e. The fraction of sp³-hybridized carbons (Fsp3) is 0.294. The van der Waals surface area contributed by atoms with Crippen molar-refractivity contribution in [2.24, 2.45) is 0 Å². The molecule has 1 aromatic heterocycles. The molecule has 0 saturated heterocycles. The number of hydrogen-bond donors (Lipinski definition) is 0. The number of pyridine rings is 1. The summed E-state index contributed by atoms with van der Waals surface area (Å²) in [6, 6.07) is 8.03. The number of benzene rings is 1. The van der Waals surface area contributed by atoms with Crippen molar-refractivity contribution in [1.29, 1.82) is 5.26 Å². The average molecular weight is 352 g/mol. The molecule has 0 spiro atoms. The zero-order valence-electron chi connectivity index (χ0n) is 12.5. The zero-order valence-corrected chi connectivity index (χ0v) is 13.3. The summed E-state index contributed by atoms with van der Waals surface area (Å²) in [7, 11) is 0. The normalized spacial score (nSPS) is 13.6. The molecule has 0 N–H and O–H groups in total. The molecule has 0 amide bonds. The lowest BCUT2D eigenvalue weighted by Gasteiger charge is -2.15. The highest BCUT2D eigenvalue weighted by Crippen LogP contribution is 2.40. The summed E-state index contributed by atoms with van der Waals surface area (Å²) in [6.45, 7) is 0. The van der Waals surface area contributed by atoms with Crippen molar-refractivity contribution >= 4 is 11.8 Å². The number of nitrogens with zero attached hydrogens (tertiary/aromatic N) is 2. The van der Waals surface area contributed by atoms with Crippen molar-refractivity contribution in [1.82, 2.24) is 4.98 Å². The van der Waals surface area contributed by atoms with Gasteiger partial charge in [0.1, 0.15) is 22.6 Å². The Bertz CT molecular complexity index is 825. The van der Waals surface area contributed by atoms with E-state index in [9.17, 15) is 22.8 Å². The highest BCUT2D eigenvalue weighted by molar-refractivity contribution is 7.98. The quantitative estimate of drug-likeness (QED) is 0.583. The molecule has 1 heterocycles. The number of rotatable bonds is 3. The molecule has 0 radical (unpaired) electrons. The van der Waals surface area contributed by atoms with E-state index in [2.05, 4.69) is 4.98 Å². The molecular formula is C17H12F4N2S. The first-order chi connectivity index (χ1) is 11.4. The van der Waals surface area contributed by atoms with Gasteiger partial charge in [-0.05, 0) is 42.0 Å². The molecule has 24 heavy (non-hydrogen) atoms. The molecule has 3 rings (SSSR count). The summed E-state index contributed by atoms with van der Waals surface area (Å²) in [4.78, 5) is 3.72. The van der Waals surface area contributed by atoms with Crippen molar-refractivity contribution in [3.8, 4) is 6.07 Å². The van der Waals surface area contributed by atoms with E-state index >= 15 is 0 Å². The van der Waals surface area contributed by atoms with Crippen molar-refractivity contribution in [3.05, 3.63) is 58.0 Å². The first-order valence-electron chi connectivity index (χ1n) is 7.31. The van der Waals surface area contributed by atoms with E-state index in [4.69, 9.17) is 0 Å². The summed E-state index contributed by atoms with van der Waals surface area (Å²) in [5, 5.41) is 9.39. The molecule has 0 saturated carbocycles. The van der Waals surface area contributed by atoms with Crippen LogP contribution in [0.25, 0.3) is 0 Å². The van der Waals surface area contributed by atoms with Crippen LogP contribution in [0.1, 0.15) is 34.4 Å². The van der Waals surface area contributed by atoms with Crippen LogP contribution in [-0.2, 0) is 24.8 Å². The van der Waals surface area contributed by atoms with Crippen LogP contribution >= 0.6 is 11.8 Å². The fourth-order valence-corrected chi connectivity index (χ4v) is 3.85. The van der Waals surface area contributed by atoms with Crippen LogP contribution in [0.2, 0.25) is 0 Å². The van der Waals surface area contributed by atoms with Crippen LogP contribution in [0.4, 0.5) is 17.6 Å². The van der Waals surface area contributed by atoms with Crippen LogP contribution in [0.15, 0.2) is 29.3 Å². The Kier molecular flexibility index (Phi) is 4.50. The molecule has 0 unspecified atom stereocenters. The summed E-state index contributed by atoms with van der Waals surface area (Å²) >= 11 is 0.962. The van der Waals surface area contributed by atoms with Gasteiger partial charge in [-0.25, -0.2) is 9.37 Å². The molecule has 2 nitrogen and oxygen atoms in total. The van der Waals surface area contributed by atoms with E-state index in [0.717, 1.165) is 11.8 Å². The van der Waals surface area contributed by atoms with Gasteiger partial charge in [-0.1, -0.05) is 18.2 Å². The molecule has 0 fully saturated rings. The molecule has 0 bridgehead atoms. The lowest BCUT2D eigenvalue weighted by molar-refractivity contribution is -0.142. The first-order valence-corrected chi connectivity index (χ1v) is 8.29. The summed E-state index contributed by atoms with van der Waals surface area (Å²) in [6.07, 6.45) is -3.26. The summed E-state index contributed by atoms with van der Waals surface area (Å²) < 4.78 is 53.5.